The van der Waals surface area contributed by atoms with E-state index in [9.17, 15) is 9.59 Å². The second-order valence-electron chi connectivity index (χ2n) is 5.38. The van der Waals surface area contributed by atoms with Gasteiger partial charge in [0.05, 0.1) is 0 Å². The van der Waals surface area contributed by atoms with Crippen LogP contribution in [0.5, 0.6) is 0 Å². The minimum Gasteiger partial charge on any atom is -0.352 e. The highest BCUT2D eigenvalue weighted by Gasteiger charge is 2.22. The van der Waals surface area contributed by atoms with Crippen LogP contribution < -0.4 is 10.6 Å². The zero-order chi connectivity index (χ0) is 15.1. The first-order chi connectivity index (χ1) is 10.2. The van der Waals surface area contributed by atoms with Crippen molar-refractivity contribution in [3.8, 4) is 0 Å². The Hall–Kier alpha value is -1.88. The van der Waals surface area contributed by atoms with Crippen molar-refractivity contribution in [3.63, 3.8) is 0 Å². The largest absolute Gasteiger partial charge is 0.352 e. The molecule has 0 bridgehead atoms. The zero-order valence-corrected chi connectivity index (χ0v) is 12.5. The molecule has 0 radical (unpaired) electrons. The van der Waals surface area contributed by atoms with Gasteiger partial charge in [-0.25, -0.2) is 0 Å². The van der Waals surface area contributed by atoms with Crippen molar-refractivity contribution in [2.75, 3.05) is 26.7 Å². The van der Waals surface area contributed by atoms with Gasteiger partial charge >= 0.3 is 0 Å². The molecule has 0 aromatic heterocycles. The topological polar surface area (TPSA) is 61.4 Å². The van der Waals surface area contributed by atoms with Gasteiger partial charge in [0.25, 0.3) is 5.91 Å². The zero-order valence-electron chi connectivity index (χ0n) is 12.5. The third-order valence-corrected chi connectivity index (χ3v) is 3.86. The van der Waals surface area contributed by atoms with E-state index in [4.69, 9.17) is 0 Å². The second-order valence-corrected chi connectivity index (χ2v) is 5.38. The molecular weight excluding hydrogens is 266 g/mol. The molecule has 2 amide bonds. The number of likely N-dealkylation sites (N-methyl/N-ethyl adjacent to an activating group) is 1. The summed E-state index contributed by atoms with van der Waals surface area (Å²) in [4.78, 5) is 25.7. The van der Waals surface area contributed by atoms with Crippen LogP contribution in [0.25, 0.3) is 0 Å². The lowest BCUT2D eigenvalue weighted by Gasteiger charge is -2.23. The summed E-state index contributed by atoms with van der Waals surface area (Å²) in [7, 11) is 1.86. The number of rotatable bonds is 6. The van der Waals surface area contributed by atoms with E-state index in [1.54, 1.807) is 12.1 Å². The summed E-state index contributed by atoms with van der Waals surface area (Å²) in [5.74, 6) is 0.0639. The number of carbonyl (C=O) groups is 2. The van der Waals surface area contributed by atoms with Gasteiger partial charge in [-0.2, -0.15) is 0 Å². The van der Waals surface area contributed by atoms with Gasteiger partial charge in [-0.3, -0.25) is 9.59 Å². The molecule has 1 aliphatic heterocycles. The van der Waals surface area contributed by atoms with Gasteiger partial charge in [-0.05, 0) is 31.5 Å². The third-order valence-electron chi connectivity index (χ3n) is 3.86. The minimum atomic E-state index is -0.0867. The molecule has 1 aromatic rings. The Morgan fingerprint density at radius 1 is 1.33 bits per heavy atom. The van der Waals surface area contributed by atoms with Gasteiger partial charge in [0.15, 0.2) is 0 Å². The van der Waals surface area contributed by atoms with Gasteiger partial charge in [0.1, 0.15) is 0 Å². The van der Waals surface area contributed by atoms with E-state index in [1.165, 1.54) is 0 Å². The lowest BCUT2D eigenvalue weighted by Crippen LogP contribution is -2.38. The van der Waals surface area contributed by atoms with Crippen LogP contribution in [0, 0.1) is 0 Å². The van der Waals surface area contributed by atoms with Gasteiger partial charge in [0.2, 0.25) is 5.91 Å². The summed E-state index contributed by atoms with van der Waals surface area (Å²) >= 11 is 0. The fourth-order valence-electron chi connectivity index (χ4n) is 2.48. The van der Waals surface area contributed by atoms with Crippen LogP contribution in [0.2, 0.25) is 0 Å². The molecule has 2 rings (SSSR count). The Balaban J connectivity index is 1.65. The van der Waals surface area contributed by atoms with Crippen molar-refractivity contribution in [1.29, 1.82) is 0 Å². The van der Waals surface area contributed by atoms with Crippen LogP contribution in [0.3, 0.4) is 0 Å². The molecule has 2 N–H and O–H groups in total. The monoisotopic (exact) mass is 289 g/mol. The fraction of sp³-hybridized carbons (Fsp3) is 0.500. The lowest BCUT2D eigenvalue weighted by atomic mass is 10.2. The van der Waals surface area contributed by atoms with Crippen molar-refractivity contribution < 1.29 is 9.59 Å². The minimum absolute atomic E-state index is 0.0867. The van der Waals surface area contributed by atoms with Crippen LogP contribution in [0.15, 0.2) is 30.3 Å². The summed E-state index contributed by atoms with van der Waals surface area (Å²) in [6.07, 6.45) is 2.16. The molecular formula is C16H23N3O2. The van der Waals surface area contributed by atoms with Crippen LogP contribution in [-0.4, -0.2) is 49.4 Å². The molecule has 1 unspecified atom stereocenters. The first kappa shape index (κ1) is 15.5. The predicted molar refractivity (Wildman–Crippen MR) is 82.1 cm³/mol. The molecule has 5 heteroatoms. The molecule has 1 aromatic carbocycles. The van der Waals surface area contributed by atoms with Crippen molar-refractivity contribution in [2.24, 2.45) is 0 Å². The number of hydrogen-bond donors (Lipinski definition) is 2. The predicted octanol–water partition coefficient (Wildman–Crippen LogP) is 1.02. The van der Waals surface area contributed by atoms with E-state index in [2.05, 4.69) is 10.6 Å². The van der Waals surface area contributed by atoms with E-state index in [1.807, 2.05) is 30.1 Å². The standard InChI is InChI=1S/C16H23N3O2/c1-19(14-9-11-17-12-14)15(20)8-5-10-18-16(21)13-6-3-2-4-7-13/h2-4,6-7,14,17H,5,8-12H2,1H3,(H,18,21). The quantitative estimate of drug-likeness (QED) is 0.769. The molecule has 0 spiro atoms. The maximum Gasteiger partial charge on any atom is 0.251 e. The molecule has 114 valence electrons. The molecule has 1 atom stereocenters. The number of amides is 2. The highest BCUT2D eigenvalue weighted by atomic mass is 16.2. The van der Waals surface area contributed by atoms with Crippen LogP contribution >= 0.6 is 0 Å². The van der Waals surface area contributed by atoms with Gasteiger partial charge < -0.3 is 15.5 Å². The SMILES string of the molecule is CN(C(=O)CCCNC(=O)c1ccccc1)C1CCNC1. The Kier molecular flexibility index (Phi) is 5.75. The Morgan fingerprint density at radius 2 is 2.10 bits per heavy atom. The second kappa shape index (κ2) is 7.78. The lowest BCUT2D eigenvalue weighted by molar-refractivity contribution is -0.131. The fourth-order valence-corrected chi connectivity index (χ4v) is 2.48. The maximum absolute atomic E-state index is 12.0. The Morgan fingerprint density at radius 3 is 2.76 bits per heavy atom. The highest BCUT2D eigenvalue weighted by molar-refractivity contribution is 5.94. The first-order valence-electron chi connectivity index (χ1n) is 7.48. The number of nitrogens with one attached hydrogen (secondary N) is 2. The third kappa shape index (κ3) is 4.56. The molecule has 5 nitrogen and oxygen atoms in total. The number of carbonyl (C=O) groups excluding carboxylic acids is 2. The molecule has 1 heterocycles. The Bertz CT molecular complexity index is 470. The summed E-state index contributed by atoms with van der Waals surface area (Å²) < 4.78 is 0. The smallest absolute Gasteiger partial charge is 0.251 e. The van der Waals surface area contributed by atoms with E-state index in [0.717, 1.165) is 19.5 Å². The molecule has 1 fully saturated rings. The van der Waals surface area contributed by atoms with E-state index in [-0.39, 0.29) is 11.8 Å². The summed E-state index contributed by atoms with van der Waals surface area (Å²) in [5, 5.41) is 6.10. The van der Waals surface area contributed by atoms with Crippen molar-refractivity contribution >= 4 is 11.8 Å². The molecule has 0 saturated carbocycles. The summed E-state index contributed by atoms with van der Waals surface area (Å²) in [5.41, 5.74) is 0.651. The molecule has 0 aliphatic carbocycles. The van der Waals surface area contributed by atoms with Crippen molar-refractivity contribution in [2.45, 2.75) is 25.3 Å². The maximum atomic E-state index is 12.0. The van der Waals surface area contributed by atoms with Crippen LogP contribution in [0.4, 0.5) is 0 Å². The average Bonchev–Trinajstić information content (AvgIpc) is 3.05. The summed E-state index contributed by atoms with van der Waals surface area (Å²) in [6.45, 7) is 2.39. The van der Waals surface area contributed by atoms with E-state index >= 15 is 0 Å². The highest BCUT2D eigenvalue weighted by Crippen LogP contribution is 2.08. The number of hydrogen-bond acceptors (Lipinski definition) is 3. The first-order valence-corrected chi connectivity index (χ1v) is 7.48. The van der Waals surface area contributed by atoms with Gasteiger partial charge in [-0.1, -0.05) is 18.2 Å². The molecule has 1 aliphatic rings. The van der Waals surface area contributed by atoms with Crippen molar-refractivity contribution in [3.05, 3.63) is 35.9 Å². The Labute approximate surface area is 125 Å². The van der Waals surface area contributed by atoms with E-state index in [0.29, 0.717) is 31.0 Å². The number of nitrogens with zero attached hydrogens (tertiary/aromatic N) is 1. The normalized spacial score (nSPS) is 17.5. The molecule has 1 saturated heterocycles. The van der Waals surface area contributed by atoms with Gasteiger partial charge in [0, 0.05) is 38.2 Å². The van der Waals surface area contributed by atoms with E-state index < -0.39 is 0 Å². The van der Waals surface area contributed by atoms with Crippen LogP contribution in [0.1, 0.15) is 29.6 Å². The average molecular weight is 289 g/mol. The van der Waals surface area contributed by atoms with Crippen molar-refractivity contribution in [1.82, 2.24) is 15.5 Å². The van der Waals surface area contributed by atoms with Gasteiger partial charge in [-0.15, -0.1) is 0 Å². The van der Waals surface area contributed by atoms with Crippen LogP contribution in [-0.2, 0) is 4.79 Å². The molecule has 21 heavy (non-hydrogen) atoms. The summed E-state index contributed by atoms with van der Waals surface area (Å²) in [6, 6.07) is 9.43. The number of benzene rings is 1.